The summed E-state index contributed by atoms with van der Waals surface area (Å²) in [5, 5.41) is 3.50. The van der Waals surface area contributed by atoms with Crippen molar-refractivity contribution in [2.24, 2.45) is 10.9 Å². The molecule has 2 unspecified atom stereocenters. The number of aryl methyl sites for hydroxylation is 3. The molecule has 0 bridgehead atoms. The van der Waals surface area contributed by atoms with Crippen LogP contribution >= 0.6 is 0 Å². The van der Waals surface area contributed by atoms with Gasteiger partial charge in [0.2, 0.25) is 0 Å². The molecule has 1 aliphatic heterocycles. The highest BCUT2D eigenvalue weighted by atomic mass is 19.4. The molecule has 2 aromatic carbocycles. The van der Waals surface area contributed by atoms with Crippen molar-refractivity contribution in [3.8, 4) is 0 Å². The zero-order valence-electron chi connectivity index (χ0n) is 20.8. The minimum absolute atomic E-state index is 0.199. The van der Waals surface area contributed by atoms with Gasteiger partial charge in [-0.1, -0.05) is 63.2 Å². The molecule has 1 saturated heterocycles. The largest absolute Gasteiger partial charge is 0.416 e. The number of nitrogens with one attached hydrogen (secondary N) is 1. The fourth-order valence-electron chi connectivity index (χ4n) is 4.55. The molecule has 1 aliphatic rings. The predicted molar refractivity (Wildman–Crippen MR) is 136 cm³/mol. The summed E-state index contributed by atoms with van der Waals surface area (Å²) < 4.78 is 42.1. The van der Waals surface area contributed by atoms with Crippen molar-refractivity contribution in [3.63, 3.8) is 0 Å². The minimum Gasteiger partial charge on any atom is -0.309 e. The molecule has 5 heteroatoms. The van der Waals surface area contributed by atoms with Gasteiger partial charge in [-0.2, -0.15) is 13.2 Å². The van der Waals surface area contributed by atoms with Crippen LogP contribution < -0.4 is 5.32 Å². The van der Waals surface area contributed by atoms with E-state index < -0.39 is 11.7 Å². The molecule has 2 nitrogen and oxygen atoms in total. The van der Waals surface area contributed by atoms with Gasteiger partial charge in [0.05, 0.1) is 11.3 Å². The summed E-state index contributed by atoms with van der Waals surface area (Å²) in [6, 6.07) is 13.0. The van der Waals surface area contributed by atoms with Gasteiger partial charge in [0.15, 0.2) is 0 Å². The zero-order chi connectivity index (χ0) is 24.7. The Morgan fingerprint density at radius 1 is 1.09 bits per heavy atom. The molecular weight excluding hydrogens is 433 g/mol. The average Bonchev–Trinajstić information content (AvgIpc) is 3.37. The van der Waals surface area contributed by atoms with Crippen molar-refractivity contribution >= 4 is 11.4 Å². The standard InChI is InChI=1S/C29H37F3N2/c1-5-20(4)28(27-9-8-18-33-27)34-26(7-3)24-17-16-23(25(19-24)29(30,31)32)15-14-22-12-10-21(6-2)11-13-22/h7,10-13,16-17,19-20,27,33H,5-6,8-9,14-15,18H2,1-4H3/b26-7-,34-28?. The van der Waals surface area contributed by atoms with Crippen LogP contribution in [0.4, 0.5) is 13.2 Å². The van der Waals surface area contributed by atoms with Crippen LogP contribution in [0.2, 0.25) is 0 Å². The fraction of sp³-hybridized carbons (Fsp3) is 0.483. The van der Waals surface area contributed by atoms with E-state index in [2.05, 4.69) is 26.1 Å². The van der Waals surface area contributed by atoms with E-state index in [1.807, 2.05) is 37.3 Å². The third-order valence-corrected chi connectivity index (χ3v) is 6.88. The molecule has 184 valence electrons. The zero-order valence-corrected chi connectivity index (χ0v) is 20.8. The van der Waals surface area contributed by atoms with Crippen LogP contribution in [0.5, 0.6) is 0 Å². The molecule has 0 saturated carbocycles. The molecule has 0 amide bonds. The van der Waals surface area contributed by atoms with E-state index in [1.54, 1.807) is 12.1 Å². The quantitative estimate of drug-likeness (QED) is 0.374. The van der Waals surface area contributed by atoms with Crippen molar-refractivity contribution in [1.82, 2.24) is 5.32 Å². The van der Waals surface area contributed by atoms with E-state index in [0.29, 0.717) is 29.7 Å². The van der Waals surface area contributed by atoms with Gasteiger partial charge in [0, 0.05) is 17.3 Å². The number of rotatable bonds is 9. The Morgan fingerprint density at radius 3 is 2.35 bits per heavy atom. The summed E-state index contributed by atoms with van der Waals surface area (Å²) in [4.78, 5) is 4.93. The van der Waals surface area contributed by atoms with Crippen molar-refractivity contribution in [2.45, 2.75) is 78.4 Å². The lowest BCUT2D eigenvalue weighted by molar-refractivity contribution is -0.138. The van der Waals surface area contributed by atoms with E-state index in [1.165, 1.54) is 11.6 Å². The van der Waals surface area contributed by atoms with E-state index in [4.69, 9.17) is 4.99 Å². The summed E-state index contributed by atoms with van der Waals surface area (Å²) >= 11 is 0. The highest BCUT2D eigenvalue weighted by Crippen LogP contribution is 2.35. The van der Waals surface area contributed by atoms with E-state index in [0.717, 1.165) is 43.5 Å². The molecule has 0 radical (unpaired) electrons. The van der Waals surface area contributed by atoms with Crippen LogP contribution in [0, 0.1) is 5.92 Å². The molecule has 1 fully saturated rings. The molecule has 3 rings (SSSR count). The summed E-state index contributed by atoms with van der Waals surface area (Å²) in [6.45, 7) is 9.15. The number of hydrogen-bond acceptors (Lipinski definition) is 2. The van der Waals surface area contributed by atoms with Gasteiger partial charge in [-0.25, -0.2) is 0 Å². The first-order valence-electron chi connectivity index (χ1n) is 12.5. The second-order valence-corrected chi connectivity index (χ2v) is 9.21. The van der Waals surface area contributed by atoms with Crippen molar-refractivity contribution in [1.29, 1.82) is 0 Å². The topological polar surface area (TPSA) is 24.4 Å². The first-order valence-corrected chi connectivity index (χ1v) is 12.5. The number of hydrogen-bond donors (Lipinski definition) is 1. The Labute approximate surface area is 202 Å². The van der Waals surface area contributed by atoms with Gasteiger partial charge < -0.3 is 5.32 Å². The molecular formula is C29H37F3N2. The number of alkyl halides is 3. The molecule has 34 heavy (non-hydrogen) atoms. The molecule has 1 heterocycles. The third kappa shape index (κ3) is 6.59. The van der Waals surface area contributed by atoms with Gasteiger partial charge in [-0.05, 0) is 80.7 Å². The van der Waals surface area contributed by atoms with Gasteiger partial charge in [0.25, 0.3) is 0 Å². The maximum Gasteiger partial charge on any atom is 0.416 e. The van der Waals surface area contributed by atoms with Gasteiger partial charge >= 0.3 is 6.18 Å². The SMILES string of the molecule is C/C=C(\N=C(C(C)CC)C1CCCN1)c1ccc(CCc2ccc(CC)cc2)c(C(F)(F)F)c1. The number of nitrogens with zero attached hydrogens (tertiary/aromatic N) is 1. The monoisotopic (exact) mass is 470 g/mol. The smallest absolute Gasteiger partial charge is 0.309 e. The summed E-state index contributed by atoms with van der Waals surface area (Å²) in [7, 11) is 0. The van der Waals surface area contributed by atoms with Crippen LogP contribution in [-0.2, 0) is 25.4 Å². The third-order valence-electron chi connectivity index (χ3n) is 6.88. The maximum atomic E-state index is 14.0. The van der Waals surface area contributed by atoms with Crippen LogP contribution in [0.15, 0.2) is 53.5 Å². The van der Waals surface area contributed by atoms with E-state index in [-0.39, 0.29) is 12.0 Å². The van der Waals surface area contributed by atoms with Crippen LogP contribution in [0.1, 0.15) is 74.8 Å². The first-order chi connectivity index (χ1) is 16.3. The minimum atomic E-state index is -4.41. The Hall–Kier alpha value is -2.40. The normalized spacial score (nSPS) is 18.4. The molecule has 0 aromatic heterocycles. The highest BCUT2D eigenvalue weighted by Gasteiger charge is 2.33. The number of halogens is 3. The second-order valence-electron chi connectivity index (χ2n) is 9.21. The number of aliphatic imine (C=N–C) groups is 1. The Balaban J connectivity index is 1.90. The Bertz CT molecular complexity index is 997. The van der Waals surface area contributed by atoms with Crippen LogP contribution in [0.3, 0.4) is 0 Å². The Kier molecular flexibility index (Phi) is 9.12. The lowest BCUT2D eigenvalue weighted by atomic mass is 9.94. The fourth-order valence-corrected chi connectivity index (χ4v) is 4.55. The predicted octanol–water partition coefficient (Wildman–Crippen LogP) is 7.65. The van der Waals surface area contributed by atoms with Gasteiger partial charge in [-0.3, -0.25) is 4.99 Å². The van der Waals surface area contributed by atoms with Crippen LogP contribution in [0.25, 0.3) is 5.70 Å². The summed E-state index contributed by atoms with van der Waals surface area (Å²) in [5.74, 6) is 0.269. The molecule has 0 aliphatic carbocycles. The van der Waals surface area contributed by atoms with E-state index >= 15 is 0 Å². The highest BCUT2D eigenvalue weighted by molar-refractivity contribution is 5.95. The average molecular weight is 471 g/mol. The second kappa shape index (κ2) is 11.8. The first kappa shape index (κ1) is 26.2. The lowest BCUT2D eigenvalue weighted by Gasteiger charge is -2.21. The maximum absolute atomic E-state index is 14.0. The summed E-state index contributed by atoms with van der Waals surface area (Å²) in [6.07, 6.45) is 2.34. The summed E-state index contributed by atoms with van der Waals surface area (Å²) in [5.41, 5.74) is 4.22. The molecule has 2 atom stereocenters. The van der Waals surface area contributed by atoms with E-state index in [9.17, 15) is 13.2 Å². The number of benzene rings is 2. The molecule has 2 aromatic rings. The van der Waals surface area contributed by atoms with Crippen molar-refractivity contribution in [3.05, 3.63) is 76.4 Å². The Morgan fingerprint density at radius 2 is 1.79 bits per heavy atom. The lowest BCUT2D eigenvalue weighted by Crippen LogP contribution is -2.34. The van der Waals surface area contributed by atoms with Gasteiger partial charge in [0.1, 0.15) is 0 Å². The van der Waals surface area contributed by atoms with Crippen molar-refractivity contribution < 1.29 is 13.2 Å². The van der Waals surface area contributed by atoms with Crippen LogP contribution in [-0.4, -0.2) is 18.3 Å². The van der Waals surface area contributed by atoms with Crippen molar-refractivity contribution in [2.75, 3.05) is 6.54 Å². The van der Waals surface area contributed by atoms with Gasteiger partial charge in [-0.15, -0.1) is 0 Å². The molecule has 1 N–H and O–H groups in total. The number of allylic oxidation sites excluding steroid dienone is 1. The molecule has 0 spiro atoms.